The van der Waals surface area contributed by atoms with Gasteiger partial charge in [-0.2, -0.15) is 0 Å². The van der Waals surface area contributed by atoms with E-state index >= 15 is 0 Å². The summed E-state index contributed by atoms with van der Waals surface area (Å²) in [4.78, 5) is 25.3. The van der Waals surface area contributed by atoms with Crippen LogP contribution in [0.2, 0.25) is 0 Å². The van der Waals surface area contributed by atoms with E-state index in [1.165, 1.54) is 19.3 Å². The lowest BCUT2D eigenvalue weighted by Gasteiger charge is -2.32. The first-order valence-corrected chi connectivity index (χ1v) is 8.17. The molecule has 2 fully saturated rings. The van der Waals surface area contributed by atoms with Crippen molar-refractivity contribution in [3.05, 3.63) is 0 Å². The molecule has 120 valence electrons. The Balaban J connectivity index is 1.65. The third-order valence-electron chi connectivity index (χ3n) is 4.30. The van der Waals surface area contributed by atoms with Crippen molar-refractivity contribution < 1.29 is 14.3 Å². The summed E-state index contributed by atoms with van der Waals surface area (Å²) in [5.41, 5.74) is 0. The number of carbonyl (C=O) groups is 2. The fourth-order valence-corrected chi connectivity index (χ4v) is 3.08. The van der Waals surface area contributed by atoms with Crippen molar-refractivity contribution in [2.24, 2.45) is 0 Å². The molecule has 0 unspecified atom stereocenters. The maximum atomic E-state index is 12.0. The fraction of sp³-hybridized carbons (Fsp3) is 0.867. The molecule has 6 heteroatoms. The molecule has 0 spiro atoms. The van der Waals surface area contributed by atoms with Crippen LogP contribution >= 0.6 is 0 Å². The topological polar surface area (TPSA) is 70.7 Å². The molecule has 2 N–H and O–H groups in total. The van der Waals surface area contributed by atoms with Gasteiger partial charge in [0, 0.05) is 25.2 Å². The summed E-state index contributed by atoms with van der Waals surface area (Å²) in [6.07, 6.45) is 7.22. The lowest BCUT2D eigenvalue weighted by molar-refractivity contribution is 0.0957. The standard InChI is InChI=1S/C15H27N3O3/c1-2-21-15(20)18-10-8-13(9-11-18)17-14(19)16-12-6-4-3-5-7-12/h12-13H,2-11H2,1H3,(H2,16,17,19). The average Bonchev–Trinajstić information content (AvgIpc) is 2.49. The molecule has 0 atom stereocenters. The van der Waals surface area contributed by atoms with Crippen molar-refractivity contribution in [1.82, 2.24) is 15.5 Å². The Morgan fingerprint density at radius 2 is 1.57 bits per heavy atom. The van der Waals surface area contributed by atoms with Crippen molar-refractivity contribution in [2.75, 3.05) is 19.7 Å². The highest BCUT2D eigenvalue weighted by atomic mass is 16.6. The van der Waals surface area contributed by atoms with Crippen molar-refractivity contribution in [3.63, 3.8) is 0 Å². The maximum absolute atomic E-state index is 12.0. The summed E-state index contributed by atoms with van der Waals surface area (Å²) in [7, 11) is 0. The van der Waals surface area contributed by atoms with E-state index in [-0.39, 0.29) is 18.2 Å². The van der Waals surface area contributed by atoms with Gasteiger partial charge in [-0.3, -0.25) is 0 Å². The zero-order valence-corrected chi connectivity index (χ0v) is 12.9. The molecule has 1 saturated heterocycles. The summed E-state index contributed by atoms with van der Waals surface area (Å²) >= 11 is 0. The Bertz CT molecular complexity index is 348. The first kappa shape index (κ1) is 15.9. The number of urea groups is 1. The van der Waals surface area contributed by atoms with E-state index in [2.05, 4.69) is 10.6 Å². The molecular weight excluding hydrogens is 270 g/mol. The Labute approximate surface area is 126 Å². The van der Waals surface area contributed by atoms with Crippen LogP contribution in [0.3, 0.4) is 0 Å². The van der Waals surface area contributed by atoms with Gasteiger partial charge >= 0.3 is 12.1 Å². The predicted octanol–water partition coefficient (Wildman–Crippen LogP) is 2.24. The summed E-state index contributed by atoms with van der Waals surface area (Å²) in [6, 6.07) is 0.425. The van der Waals surface area contributed by atoms with Gasteiger partial charge in [0.1, 0.15) is 0 Å². The van der Waals surface area contributed by atoms with Crippen molar-refractivity contribution in [3.8, 4) is 0 Å². The number of likely N-dealkylation sites (tertiary alicyclic amines) is 1. The number of hydrogen-bond donors (Lipinski definition) is 2. The van der Waals surface area contributed by atoms with Gasteiger partial charge in [0.05, 0.1) is 6.61 Å². The molecule has 1 aliphatic heterocycles. The van der Waals surface area contributed by atoms with E-state index in [1.54, 1.807) is 4.90 Å². The number of amides is 3. The normalized spacial score (nSPS) is 20.9. The highest BCUT2D eigenvalue weighted by Gasteiger charge is 2.25. The molecule has 0 bridgehead atoms. The number of nitrogens with one attached hydrogen (secondary N) is 2. The smallest absolute Gasteiger partial charge is 0.409 e. The van der Waals surface area contributed by atoms with Crippen molar-refractivity contribution in [1.29, 1.82) is 0 Å². The van der Waals surface area contributed by atoms with Gasteiger partial charge in [0.2, 0.25) is 0 Å². The van der Waals surface area contributed by atoms with Gasteiger partial charge in [0.15, 0.2) is 0 Å². The number of nitrogens with zero attached hydrogens (tertiary/aromatic N) is 1. The first-order chi connectivity index (χ1) is 10.2. The number of carbonyl (C=O) groups excluding carboxylic acids is 2. The molecule has 1 aliphatic carbocycles. The van der Waals surface area contributed by atoms with Crippen LogP contribution < -0.4 is 10.6 Å². The van der Waals surface area contributed by atoms with Crippen molar-refractivity contribution >= 4 is 12.1 Å². The summed E-state index contributed by atoms with van der Waals surface area (Å²) < 4.78 is 4.99. The minimum absolute atomic E-state index is 0.0588. The number of rotatable bonds is 3. The molecule has 1 heterocycles. The Morgan fingerprint density at radius 1 is 1.00 bits per heavy atom. The maximum Gasteiger partial charge on any atom is 0.409 e. The molecule has 21 heavy (non-hydrogen) atoms. The van der Waals surface area contributed by atoms with Gasteiger partial charge in [-0.15, -0.1) is 0 Å². The Hall–Kier alpha value is -1.46. The Kier molecular flexibility index (Phi) is 6.14. The third kappa shape index (κ3) is 5.10. The molecule has 3 amide bonds. The SMILES string of the molecule is CCOC(=O)N1CCC(NC(=O)NC2CCCCC2)CC1. The molecule has 6 nitrogen and oxygen atoms in total. The minimum atomic E-state index is -0.248. The number of ether oxygens (including phenoxy) is 1. The minimum Gasteiger partial charge on any atom is -0.450 e. The fourth-order valence-electron chi connectivity index (χ4n) is 3.08. The van der Waals surface area contributed by atoms with E-state index in [4.69, 9.17) is 4.74 Å². The molecule has 0 aromatic heterocycles. The second-order valence-corrected chi connectivity index (χ2v) is 5.91. The zero-order chi connectivity index (χ0) is 15.1. The molecule has 1 saturated carbocycles. The number of hydrogen-bond acceptors (Lipinski definition) is 3. The van der Waals surface area contributed by atoms with E-state index in [9.17, 15) is 9.59 Å². The quantitative estimate of drug-likeness (QED) is 0.839. The van der Waals surface area contributed by atoms with E-state index in [0.29, 0.717) is 25.7 Å². The van der Waals surface area contributed by atoms with Crippen LogP contribution in [0.25, 0.3) is 0 Å². The largest absolute Gasteiger partial charge is 0.450 e. The number of piperidine rings is 1. The van der Waals surface area contributed by atoms with Crippen LogP contribution in [-0.2, 0) is 4.74 Å². The van der Waals surface area contributed by atoms with Gasteiger partial charge in [0.25, 0.3) is 0 Å². The van der Waals surface area contributed by atoms with Crippen LogP contribution in [-0.4, -0.2) is 48.8 Å². The second-order valence-electron chi connectivity index (χ2n) is 5.91. The van der Waals surface area contributed by atoms with E-state index < -0.39 is 0 Å². The van der Waals surface area contributed by atoms with Crippen LogP contribution in [0.1, 0.15) is 51.9 Å². The highest BCUT2D eigenvalue weighted by Crippen LogP contribution is 2.17. The Morgan fingerprint density at radius 3 is 2.14 bits per heavy atom. The van der Waals surface area contributed by atoms with E-state index in [1.807, 2.05) is 6.92 Å². The van der Waals surface area contributed by atoms with E-state index in [0.717, 1.165) is 25.7 Å². The summed E-state index contributed by atoms with van der Waals surface area (Å²) in [6.45, 7) is 3.50. The molecule has 0 aromatic rings. The van der Waals surface area contributed by atoms with Gasteiger partial charge in [-0.1, -0.05) is 19.3 Å². The zero-order valence-electron chi connectivity index (χ0n) is 12.9. The lowest BCUT2D eigenvalue weighted by atomic mass is 9.96. The molecular formula is C15H27N3O3. The molecule has 0 aromatic carbocycles. The molecule has 2 aliphatic rings. The van der Waals surface area contributed by atoms with Crippen molar-refractivity contribution in [2.45, 2.75) is 64.0 Å². The lowest BCUT2D eigenvalue weighted by Crippen LogP contribution is -2.51. The van der Waals surface area contributed by atoms with Gasteiger partial charge in [-0.05, 0) is 32.6 Å². The summed E-state index contributed by atoms with van der Waals surface area (Å²) in [5.74, 6) is 0. The van der Waals surface area contributed by atoms with Crippen LogP contribution in [0.15, 0.2) is 0 Å². The first-order valence-electron chi connectivity index (χ1n) is 8.17. The average molecular weight is 297 g/mol. The molecule has 2 rings (SSSR count). The van der Waals surface area contributed by atoms with Crippen LogP contribution in [0.5, 0.6) is 0 Å². The van der Waals surface area contributed by atoms with Gasteiger partial charge in [-0.25, -0.2) is 9.59 Å². The highest BCUT2D eigenvalue weighted by molar-refractivity contribution is 5.74. The predicted molar refractivity (Wildman–Crippen MR) is 80.2 cm³/mol. The summed E-state index contributed by atoms with van der Waals surface area (Å²) in [5, 5.41) is 6.09. The van der Waals surface area contributed by atoms with Crippen LogP contribution in [0.4, 0.5) is 9.59 Å². The monoisotopic (exact) mass is 297 g/mol. The van der Waals surface area contributed by atoms with Crippen LogP contribution in [0, 0.1) is 0 Å². The van der Waals surface area contributed by atoms with Gasteiger partial charge < -0.3 is 20.3 Å². The molecule has 0 radical (unpaired) electrons. The third-order valence-corrected chi connectivity index (χ3v) is 4.30. The second kappa shape index (κ2) is 8.10.